The van der Waals surface area contributed by atoms with Crippen molar-refractivity contribution in [2.24, 2.45) is 44.8 Å². The van der Waals surface area contributed by atoms with E-state index >= 15 is 0 Å². The van der Waals surface area contributed by atoms with E-state index < -0.39 is 21.8 Å². The highest BCUT2D eigenvalue weighted by Gasteiger charge is 2.92. The van der Waals surface area contributed by atoms with Gasteiger partial charge in [0.2, 0.25) is 0 Å². The number of allylic oxidation sites excluding steroid dienone is 3. The Bertz CT molecular complexity index is 1050. The molecule has 8 atom stereocenters. The van der Waals surface area contributed by atoms with Crippen molar-refractivity contribution in [2.45, 2.75) is 52.6 Å². The first-order valence-electron chi connectivity index (χ1n) is 11.3. The molecule has 3 spiro atoms. The van der Waals surface area contributed by atoms with Crippen molar-refractivity contribution in [1.29, 1.82) is 0 Å². The Balaban J connectivity index is 1.56. The molecule has 2 aliphatic heterocycles. The van der Waals surface area contributed by atoms with Gasteiger partial charge in [0.15, 0.2) is 5.78 Å². The predicted molar refractivity (Wildman–Crippen MR) is 106 cm³/mol. The molecule has 0 amide bonds. The van der Waals surface area contributed by atoms with Crippen LogP contribution in [0.1, 0.15) is 47.0 Å². The summed E-state index contributed by atoms with van der Waals surface area (Å²) in [7, 11) is 0. The van der Waals surface area contributed by atoms with Crippen LogP contribution in [0.2, 0.25) is 0 Å². The fraction of sp³-hybridized carbons (Fsp3) is 0.720. The van der Waals surface area contributed by atoms with E-state index in [1.807, 2.05) is 13.0 Å². The average Bonchev–Trinajstić information content (AvgIpc) is 3.37. The predicted octanol–water partition coefficient (Wildman–Crippen LogP) is 3.03. The van der Waals surface area contributed by atoms with Gasteiger partial charge < -0.3 is 9.47 Å². The molecule has 0 radical (unpaired) electrons. The lowest BCUT2D eigenvalue weighted by Crippen LogP contribution is -2.64. The number of ether oxygens (including phenoxy) is 2. The maximum Gasteiger partial charge on any atom is 0.334 e. The minimum absolute atomic E-state index is 0.0636. The van der Waals surface area contributed by atoms with Crippen molar-refractivity contribution in [3.63, 3.8) is 0 Å². The van der Waals surface area contributed by atoms with Gasteiger partial charge >= 0.3 is 5.97 Å². The third-order valence-corrected chi connectivity index (χ3v) is 10.9. The van der Waals surface area contributed by atoms with E-state index in [9.17, 15) is 14.4 Å². The first-order valence-corrected chi connectivity index (χ1v) is 11.3. The summed E-state index contributed by atoms with van der Waals surface area (Å²) in [5.41, 5.74) is -2.00. The molecule has 5 heteroatoms. The van der Waals surface area contributed by atoms with Gasteiger partial charge in [-0.2, -0.15) is 0 Å². The number of carbonyl (C=O) groups excluding carboxylic acids is 3. The Kier molecular flexibility index (Phi) is 2.63. The molecule has 5 nitrogen and oxygen atoms in total. The van der Waals surface area contributed by atoms with E-state index in [1.165, 1.54) is 0 Å². The van der Waals surface area contributed by atoms with Crippen LogP contribution in [0.15, 0.2) is 23.8 Å². The van der Waals surface area contributed by atoms with Gasteiger partial charge in [0.25, 0.3) is 0 Å². The molecule has 5 aliphatic carbocycles. The number of hydrogen-bond acceptors (Lipinski definition) is 5. The Labute approximate surface area is 176 Å². The number of fused-ring (bicyclic) bond motifs is 3. The second-order valence-electron chi connectivity index (χ2n) is 12.2. The zero-order valence-corrected chi connectivity index (χ0v) is 18.0. The molecule has 2 heterocycles. The van der Waals surface area contributed by atoms with Crippen LogP contribution in [0.5, 0.6) is 0 Å². The summed E-state index contributed by atoms with van der Waals surface area (Å²) in [4.78, 5) is 39.8. The quantitative estimate of drug-likeness (QED) is 0.455. The SMILES string of the molecule is CC1(C)C(=O)C=C[C@@]2(C)[C@H]1CC[C@@]13C[C@@]4(C)C=C5C(=O)OC[C@]51[C@@]1(CO1)[C@@H](C4=O)[C@@H]23. The van der Waals surface area contributed by atoms with Crippen molar-refractivity contribution in [3.05, 3.63) is 23.8 Å². The molecule has 5 fully saturated rings. The number of esters is 1. The molecule has 3 bridgehead atoms. The normalized spacial score (nSPS) is 58.3. The zero-order chi connectivity index (χ0) is 21.1. The number of Topliss-reactive ketones (excluding diaryl/α,β-unsaturated/α-hetero) is 1. The molecular weight excluding hydrogens is 380 g/mol. The summed E-state index contributed by atoms with van der Waals surface area (Å²) >= 11 is 0. The van der Waals surface area contributed by atoms with Gasteiger partial charge in [-0.1, -0.05) is 32.9 Å². The maximum atomic E-state index is 14.1. The lowest BCUT2D eigenvalue weighted by Gasteiger charge is -2.65. The Morgan fingerprint density at radius 1 is 1.07 bits per heavy atom. The molecule has 0 aromatic heterocycles. The maximum absolute atomic E-state index is 14.1. The molecule has 0 unspecified atom stereocenters. The van der Waals surface area contributed by atoms with Crippen molar-refractivity contribution in [3.8, 4) is 0 Å². The second kappa shape index (κ2) is 4.41. The second-order valence-corrected chi connectivity index (χ2v) is 12.2. The number of carbonyl (C=O) groups is 3. The monoisotopic (exact) mass is 408 g/mol. The van der Waals surface area contributed by atoms with Crippen LogP contribution >= 0.6 is 0 Å². The zero-order valence-electron chi connectivity index (χ0n) is 18.0. The van der Waals surface area contributed by atoms with Crippen molar-refractivity contribution >= 4 is 17.5 Å². The van der Waals surface area contributed by atoms with E-state index in [0.717, 1.165) is 19.3 Å². The fourth-order valence-electron chi connectivity index (χ4n) is 10.00. The summed E-state index contributed by atoms with van der Waals surface area (Å²) in [6.07, 6.45) is 8.43. The van der Waals surface area contributed by atoms with Gasteiger partial charge in [0.1, 0.15) is 18.0 Å². The van der Waals surface area contributed by atoms with Crippen molar-refractivity contribution in [1.82, 2.24) is 0 Å². The Morgan fingerprint density at radius 2 is 1.80 bits per heavy atom. The van der Waals surface area contributed by atoms with Crippen LogP contribution in [0.3, 0.4) is 0 Å². The number of rotatable bonds is 0. The third kappa shape index (κ3) is 1.38. The molecular formula is C25H28O5. The van der Waals surface area contributed by atoms with E-state index in [1.54, 1.807) is 6.08 Å². The smallest absolute Gasteiger partial charge is 0.334 e. The molecule has 0 aromatic rings. The Morgan fingerprint density at radius 3 is 2.50 bits per heavy atom. The lowest BCUT2D eigenvalue weighted by atomic mass is 9.36. The van der Waals surface area contributed by atoms with E-state index in [-0.39, 0.29) is 46.1 Å². The lowest BCUT2D eigenvalue weighted by molar-refractivity contribution is -0.171. The molecule has 3 saturated carbocycles. The highest BCUT2D eigenvalue weighted by molar-refractivity contribution is 6.02. The van der Waals surface area contributed by atoms with E-state index in [2.05, 4.69) is 26.8 Å². The number of ketones is 2. The summed E-state index contributed by atoms with van der Waals surface area (Å²) in [6, 6.07) is 0. The highest BCUT2D eigenvalue weighted by atomic mass is 16.6. The molecule has 0 N–H and O–H groups in total. The first kappa shape index (κ1) is 17.9. The number of hydrogen-bond donors (Lipinski definition) is 0. The van der Waals surface area contributed by atoms with Crippen LogP contribution in [0, 0.1) is 44.8 Å². The number of cyclic esters (lactones) is 1. The van der Waals surface area contributed by atoms with Gasteiger partial charge in [0, 0.05) is 16.4 Å². The van der Waals surface area contributed by atoms with Crippen LogP contribution in [-0.4, -0.2) is 36.4 Å². The Hall–Kier alpha value is -1.75. The van der Waals surface area contributed by atoms with Gasteiger partial charge in [0.05, 0.1) is 17.9 Å². The summed E-state index contributed by atoms with van der Waals surface area (Å²) < 4.78 is 12.0. The van der Waals surface area contributed by atoms with Crippen LogP contribution in [-0.2, 0) is 23.9 Å². The molecule has 2 saturated heterocycles. The molecule has 7 aliphatic rings. The largest absolute Gasteiger partial charge is 0.461 e. The van der Waals surface area contributed by atoms with Crippen molar-refractivity contribution in [2.75, 3.05) is 13.2 Å². The molecule has 0 aromatic carbocycles. The van der Waals surface area contributed by atoms with Gasteiger partial charge in [-0.15, -0.1) is 0 Å². The summed E-state index contributed by atoms with van der Waals surface area (Å²) in [5.74, 6) is 0.147. The minimum atomic E-state index is -0.633. The van der Waals surface area contributed by atoms with Crippen LogP contribution in [0.25, 0.3) is 0 Å². The van der Waals surface area contributed by atoms with Crippen LogP contribution in [0.4, 0.5) is 0 Å². The minimum Gasteiger partial charge on any atom is -0.461 e. The molecule has 158 valence electrons. The average molecular weight is 408 g/mol. The van der Waals surface area contributed by atoms with Crippen molar-refractivity contribution < 1.29 is 23.9 Å². The highest BCUT2D eigenvalue weighted by Crippen LogP contribution is 2.87. The standard InChI is InChI=1S/C25H28O5/c1-20(2)14-5-8-23-10-21(3)9-13-19(28)29-11-24(13,23)25(12-30-25)16(18(21)27)17(23)22(14,4)7-6-15(20)26/h6-7,9,14,16-17H,5,8,10-12H2,1-4H3/t14-,16+,17-,21+,22-,23-,24-,25+/m0/s1. The molecule has 30 heavy (non-hydrogen) atoms. The fourth-order valence-corrected chi connectivity index (χ4v) is 10.00. The van der Waals surface area contributed by atoms with Gasteiger partial charge in [-0.05, 0) is 54.9 Å². The third-order valence-electron chi connectivity index (χ3n) is 10.9. The van der Waals surface area contributed by atoms with Gasteiger partial charge in [-0.25, -0.2) is 4.79 Å². The van der Waals surface area contributed by atoms with Crippen LogP contribution < -0.4 is 0 Å². The van der Waals surface area contributed by atoms with Gasteiger partial charge in [-0.3, -0.25) is 9.59 Å². The van der Waals surface area contributed by atoms with E-state index in [4.69, 9.17) is 9.47 Å². The topological polar surface area (TPSA) is 73.0 Å². The summed E-state index contributed by atoms with van der Waals surface area (Å²) in [5, 5.41) is 0. The first-order chi connectivity index (χ1) is 14.0. The number of epoxide rings is 1. The molecule has 7 rings (SSSR count). The van der Waals surface area contributed by atoms with E-state index in [0.29, 0.717) is 18.8 Å². The summed E-state index contributed by atoms with van der Waals surface area (Å²) in [6.45, 7) is 9.27.